The molecular weight excluding hydrogens is 256 g/mol. The van der Waals surface area contributed by atoms with Crippen molar-refractivity contribution in [2.24, 2.45) is 11.8 Å². The quantitative estimate of drug-likeness (QED) is 0.506. The maximum atomic E-state index is 6.31. The molecule has 0 fully saturated rings. The molecule has 0 unspecified atom stereocenters. The topological polar surface area (TPSA) is 9.23 Å². The van der Waals surface area contributed by atoms with Gasteiger partial charge in [-0.1, -0.05) is 75.6 Å². The van der Waals surface area contributed by atoms with Crippen molar-refractivity contribution in [3.8, 4) is 0 Å². The predicted molar refractivity (Wildman–Crippen MR) is 92.3 cm³/mol. The zero-order valence-corrected chi connectivity index (χ0v) is 14.4. The number of rotatable bonds is 9. The maximum absolute atomic E-state index is 6.31. The third-order valence-corrected chi connectivity index (χ3v) is 3.80. The van der Waals surface area contributed by atoms with E-state index in [4.69, 9.17) is 4.74 Å². The third kappa shape index (κ3) is 6.95. The number of unbranched alkanes of at least 4 members (excludes halogenated alkanes) is 1. The van der Waals surface area contributed by atoms with E-state index in [0.717, 1.165) is 0 Å². The van der Waals surface area contributed by atoms with Crippen molar-refractivity contribution in [2.75, 3.05) is 0 Å². The van der Waals surface area contributed by atoms with Gasteiger partial charge in [-0.3, -0.25) is 0 Å². The van der Waals surface area contributed by atoms with Crippen LogP contribution in [0.5, 0.6) is 0 Å². The lowest BCUT2D eigenvalue weighted by atomic mass is 9.87. The zero-order chi connectivity index (χ0) is 15.7. The molecule has 0 aliphatic carbocycles. The van der Waals surface area contributed by atoms with Crippen LogP contribution < -0.4 is 0 Å². The minimum Gasteiger partial charge on any atom is -0.373 e. The average molecular weight is 288 g/mol. The molecule has 118 valence electrons. The molecule has 2 atom stereocenters. The monoisotopic (exact) mass is 288 g/mol. The first kappa shape index (κ1) is 18.0. The Morgan fingerprint density at radius 1 is 1.14 bits per heavy atom. The standard InChI is InChI=1S/C20H32O/c1-6-7-13-19(14-16(2)3)20(17(4)5)21-15-18-11-9-8-10-12-18/h8-12,14,17,19-20H,6-7,13,15H2,1-5H3/t19-,20+/m1/s1. The first-order chi connectivity index (χ1) is 10.0. The van der Waals surface area contributed by atoms with Crippen LogP contribution in [0, 0.1) is 11.8 Å². The van der Waals surface area contributed by atoms with Crippen LogP contribution in [0.15, 0.2) is 42.0 Å². The van der Waals surface area contributed by atoms with Gasteiger partial charge < -0.3 is 4.74 Å². The Balaban J connectivity index is 2.73. The summed E-state index contributed by atoms with van der Waals surface area (Å²) in [7, 11) is 0. The summed E-state index contributed by atoms with van der Waals surface area (Å²) in [5.74, 6) is 1.06. The van der Waals surface area contributed by atoms with E-state index in [9.17, 15) is 0 Å². The van der Waals surface area contributed by atoms with Gasteiger partial charge in [0.15, 0.2) is 0 Å². The summed E-state index contributed by atoms with van der Waals surface area (Å²) in [5, 5.41) is 0. The Morgan fingerprint density at radius 3 is 2.33 bits per heavy atom. The van der Waals surface area contributed by atoms with Gasteiger partial charge in [0.25, 0.3) is 0 Å². The molecule has 1 heteroatoms. The lowest BCUT2D eigenvalue weighted by Crippen LogP contribution is -2.28. The van der Waals surface area contributed by atoms with Crippen molar-refractivity contribution in [3.05, 3.63) is 47.5 Å². The smallest absolute Gasteiger partial charge is 0.0721 e. The van der Waals surface area contributed by atoms with Crippen LogP contribution in [0.1, 0.15) is 59.4 Å². The highest BCUT2D eigenvalue weighted by Crippen LogP contribution is 2.25. The molecule has 1 aromatic carbocycles. The predicted octanol–water partition coefficient (Wildman–Crippen LogP) is 6.00. The summed E-state index contributed by atoms with van der Waals surface area (Å²) in [5.41, 5.74) is 2.65. The van der Waals surface area contributed by atoms with E-state index in [1.54, 1.807) is 0 Å². The molecule has 0 amide bonds. The molecule has 0 aromatic heterocycles. The Bertz CT molecular complexity index is 401. The van der Waals surface area contributed by atoms with E-state index < -0.39 is 0 Å². The molecule has 1 rings (SSSR count). The van der Waals surface area contributed by atoms with Crippen LogP contribution in [0.2, 0.25) is 0 Å². The lowest BCUT2D eigenvalue weighted by molar-refractivity contribution is -0.0184. The van der Waals surface area contributed by atoms with E-state index in [0.29, 0.717) is 24.5 Å². The van der Waals surface area contributed by atoms with Gasteiger partial charge in [-0.05, 0) is 31.7 Å². The first-order valence-electron chi connectivity index (χ1n) is 8.35. The third-order valence-electron chi connectivity index (χ3n) is 3.80. The summed E-state index contributed by atoms with van der Waals surface area (Å²) >= 11 is 0. The minimum absolute atomic E-state index is 0.298. The van der Waals surface area contributed by atoms with Crippen molar-refractivity contribution in [2.45, 2.75) is 66.6 Å². The first-order valence-corrected chi connectivity index (χ1v) is 8.35. The van der Waals surface area contributed by atoms with Gasteiger partial charge in [0.2, 0.25) is 0 Å². The fraction of sp³-hybridized carbons (Fsp3) is 0.600. The number of allylic oxidation sites excluding steroid dienone is 1. The van der Waals surface area contributed by atoms with Gasteiger partial charge in [-0.25, -0.2) is 0 Å². The second kappa shape index (κ2) is 9.78. The molecule has 1 nitrogen and oxygen atoms in total. The van der Waals surface area contributed by atoms with E-state index >= 15 is 0 Å². The Hall–Kier alpha value is -1.08. The van der Waals surface area contributed by atoms with Gasteiger partial charge in [0.05, 0.1) is 12.7 Å². The summed E-state index contributed by atoms with van der Waals surface area (Å²) in [6.07, 6.45) is 6.44. The molecule has 0 radical (unpaired) electrons. The fourth-order valence-corrected chi connectivity index (χ4v) is 2.79. The number of benzene rings is 1. The molecule has 1 aromatic rings. The Labute approximate surface area is 131 Å². The highest BCUT2D eigenvalue weighted by Gasteiger charge is 2.23. The fourth-order valence-electron chi connectivity index (χ4n) is 2.79. The molecule has 0 saturated carbocycles. The van der Waals surface area contributed by atoms with E-state index in [2.05, 4.69) is 71.0 Å². The largest absolute Gasteiger partial charge is 0.373 e. The second-order valence-corrected chi connectivity index (χ2v) is 6.56. The van der Waals surface area contributed by atoms with E-state index in [1.807, 2.05) is 0 Å². The van der Waals surface area contributed by atoms with Crippen LogP contribution in [0.4, 0.5) is 0 Å². The molecule has 0 N–H and O–H groups in total. The van der Waals surface area contributed by atoms with E-state index in [1.165, 1.54) is 30.4 Å². The zero-order valence-electron chi connectivity index (χ0n) is 14.4. The summed E-state index contributed by atoms with van der Waals surface area (Å²) < 4.78 is 6.31. The van der Waals surface area contributed by atoms with Crippen LogP contribution in [-0.4, -0.2) is 6.10 Å². The van der Waals surface area contributed by atoms with Gasteiger partial charge in [-0.2, -0.15) is 0 Å². The Morgan fingerprint density at radius 2 is 1.81 bits per heavy atom. The van der Waals surface area contributed by atoms with Crippen LogP contribution in [0.3, 0.4) is 0 Å². The minimum atomic E-state index is 0.298. The van der Waals surface area contributed by atoms with Crippen LogP contribution in [0.25, 0.3) is 0 Å². The number of hydrogen-bond donors (Lipinski definition) is 0. The normalized spacial score (nSPS) is 14.0. The van der Waals surface area contributed by atoms with Gasteiger partial charge in [0.1, 0.15) is 0 Å². The SMILES string of the molecule is CCCC[C@H](C=C(C)C)[C@@H](OCc1ccccc1)C(C)C. The van der Waals surface area contributed by atoms with Gasteiger partial charge in [-0.15, -0.1) is 0 Å². The highest BCUT2D eigenvalue weighted by atomic mass is 16.5. The van der Waals surface area contributed by atoms with Gasteiger partial charge >= 0.3 is 0 Å². The summed E-state index contributed by atoms with van der Waals surface area (Å²) in [6.45, 7) is 11.9. The van der Waals surface area contributed by atoms with Crippen molar-refractivity contribution >= 4 is 0 Å². The number of ether oxygens (including phenoxy) is 1. The highest BCUT2D eigenvalue weighted by molar-refractivity contribution is 5.13. The summed E-state index contributed by atoms with van der Waals surface area (Å²) in [4.78, 5) is 0. The molecule has 0 aliphatic rings. The molecular formula is C20H32O. The molecule has 0 saturated heterocycles. The van der Waals surface area contributed by atoms with Crippen LogP contribution in [-0.2, 0) is 11.3 Å². The van der Waals surface area contributed by atoms with Crippen molar-refractivity contribution in [1.29, 1.82) is 0 Å². The molecule has 0 spiro atoms. The number of hydrogen-bond acceptors (Lipinski definition) is 1. The summed E-state index contributed by atoms with van der Waals surface area (Å²) in [6, 6.07) is 10.5. The molecule has 0 heterocycles. The van der Waals surface area contributed by atoms with Crippen molar-refractivity contribution in [1.82, 2.24) is 0 Å². The molecule has 0 bridgehead atoms. The molecule has 0 aliphatic heterocycles. The maximum Gasteiger partial charge on any atom is 0.0721 e. The average Bonchev–Trinajstić information content (AvgIpc) is 2.45. The van der Waals surface area contributed by atoms with Crippen LogP contribution >= 0.6 is 0 Å². The Kier molecular flexibility index (Phi) is 8.37. The van der Waals surface area contributed by atoms with Gasteiger partial charge in [0, 0.05) is 5.92 Å². The second-order valence-electron chi connectivity index (χ2n) is 6.56. The van der Waals surface area contributed by atoms with E-state index in [-0.39, 0.29) is 0 Å². The van der Waals surface area contributed by atoms with Crippen molar-refractivity contribution < 1.29 is 4.74 Å². The molecule has 21 heavy (non-hydrogen) atoms. The lowest BCUT2D eigenvalue weighted by Gasteiger charge is -2.29. The van der Waals surface area contributed by atoms with Crippen molar-refractivity contribution in [3.63, 3.8) is 0 Å².